The lowest BCUT2D eigenvalue weighted by Crippen LogP contribution is -2.62. The molecule has 18 heavy (non-hydrogen) atoms. The fourth-order valence-electron chi connectivity index (χ4n) is 3.99. The van der Waals surface area contributed by atoms with Gasteiger partial charge in [0.1, 0.15) is 0 Å². The molecule has 0 aromatic rings. The van der Waals surface area contributed by atoms with Gasteiger partial charge < -0.3 is 5.32 Å². The summed E-state index contributed by atoms with van der Waals surface area (Å²) in [4.78, 5) is 2.81. The zero-order valence-electron chi connectivity index (χ0n) is 12.0. The highest BCUT2D eigenvalue weighted by Gasteiger charge is 2.45. The molecule has 0 amide bonds. The summed E-state index contributed by atoms with van der Waals surface area (Å²) in [5.41, 5.74) is 0.425. The Labute approximate surface area is 116 Å². The van der Waals surface area contributed by atoms with Crippen molar-refractivity contribution in [2.24, 2.45) is 5.92 Å². The van der Waals surface area contributed by atoms with E-state index in [1.165, 1.54) is 58.2 Å². The minimum Gasteiger partial charge on any atom is -0.309 e. The predicted molar refractivity (Wildman–Crippen MR) is 80.3 cm³/mol. The van der Waals surface area contributed by atoms with Gasteiger partial charge in [-0.3, -0.25) is 4.90 Å². The first kappa shape index (κ1) is 13.3. The minimum absolute atomic E-state index is 0.425. The molecule has 0 aromatic heterocycles. The van der Waals surface area contributed by atoms with E-state index in [0.717, 1.165) is 17.2 Å². The Hall–Kier alpha value is 0.270. The van der Waals surface area contributed by atoms with E-state index in [2.05, 4.69) is 35.2 Å². The molecule has 2 saturated carbocycles. The molecule has 1 unspecified atom stereocenters. The van der Waals surface area contributed by atoms with Crippen LogP contribution in [0.5, 0.6) is 0 Å². The third kappa shape index (κ3) is 2.73. The molecule has 3 heteroatoms. The van der Waals surface area contributed by atoms with Gasteiger partial charge in [-0.15, -0.1) is 0 Å². The molecule has 1 aliphatic heterocycles. The maximum atomic E-state index is 3.80. The molecule has 0 bridgehead atoms. The Kier molecular flexibility index (Phi) is 3.93. The van der Waals surface area contributed by atoms with Crippen molar-refractivity contribution >= 4 is 11.8 Å². The van der Waals surface area contributed by atoms with Crippen molar-refractivity contribution in [3.63, 3.8) is 0 Å². The van der Waals surface area contributed by atoms with Crippen molar-refractivity contribution in [2.45, 2.75) is 62.3 Å². The largest absolute Gasteiger partial charge is 0.309 e. The highest BCUT2D eigenvalue weighted by atomic mass is 32.2. The van der Waals surface area contributed by atoms with Crippen LogP contribution in [-0.4, -0.2) is 47.6 Å². The van der Waals surface area contributed by atoms with Crippen molar-refractivity contribution in [1.29, 1.82) is 0 Å². The second kappa shape index (κ2) is 5.34. The second-order valence-corrected chi connectivity index (χ2v) is 7.89. The number of hydrogen-bond acceptors (Lipinski definition) is 3. The Morgan fingerprint density at radius 1 is 1.11 bits per heavy atom. The van der Waals surface area contributed by atoms with E-state index in [1.54, 1.807) is 0 Å². The number of thioether (sulfide) groups is 1. The normalized spacial score (nSPS) is 43.0. The predicted octanol–water partition coefficient (Wildman–Crippen LogP) is 2.73. The highest BCUT2D eigenvalue weighted by molar-refractivity contribution is 7.99. The van der Waals surface area contributed by atoms with Crippen LogP contribution in [0.15, 0.2) is 0 Å². The molecule has 1 saturated heterocycles. The van der Waals surface area contributed by atoms with E-state index in [4.69, 9.17) is 0 Å². The fourth-order valence-corrected chi connectivity index (χ4v) is 4.74. The molecule has 1 heterocycles. The van der Waals surface area contributed by atoms with Crippen LogP contribution >= 0.6 is 11.8 Å². The van der Waals surface area contributed by atoms with E-state index in [1.807, 2.05) is 0 Å². The van der Waals surface area contributed by atoms with Gasteiger partial charge in [0.15, 0.2) is 0 Å². The molecule has 1 N–H and O–H groups in total. The van der Waals surface area contributed by atoms with Crippen molar-refractivity contribution in [3.8, 4) is 0 Å². The summed E-state index contributed by atoms with van der Waals surface area (Å²) < 4.78 is 0. The summed E-state index contributed by atoms with van der Waals surface area (Å²) in [7, 11) is 0. The van der Waals surface area contributed by atoms with Gasteiger partial charge in [0.25, 0.3) is 0 Å². The molecule has 2 aliphatic carbocycles. The lowest BCUT2D eigenvalue weighted by Gasteiger charge is -2.46. The summed E-state index contributed by atoms with van der Waals surface area (Å²) in [6.07, 6.45) is 10.9. The molecule has 1 atom stereocenters. The van der Waals surface area contributed by atoms with Crippen LogP contribution in [0, 0.1) is 5.92 Å². The van der Waals surface area contributed by atoms with Gasteiger partial charge in [-0.25, -0.2) is 0 Å². The molecule has 0 radical (unpaired) electrons. The minimum atomic E-state index is 0.425. The molecule has 2 nitrogen and oxygen atoms in total. The van der Waals surface area contributed by atoms with Crippen molar-refractivity contribution in [2.75, 3.05) is 25.9 Å². The standard InChI is InChI=1S/C15H28N2S/c1-15(12-3-4-12)11-17(10-9-16-15)13-5-7-14(18-2)8-6-13/h12-14,16H,3-11H2,1-2H3. The zero-order valence-corrected chi connectivity index (χ0v) is 12.8. The topological polar surface area (TPSA) is 15.3 Å². The number of nitrogens with one attached hydrogen (secondary N) is 1. The van der Waals surface area contributed by atoms with Gasteiger partial charge in [-0.2, -0.15) is 11.8 Å². The monoisotopic (exact) mass is 268 g/mol. The van der Waals surface area contributed by atoms with E-state index >= 15 is 0 Å². The maximum Gasteiger partial charge on any atom is 0.0309 e. The summed E-state index contributed by atoms with van der Waals surface area (Å²) in [5, 5.41) is 4.74. The van der Waals surface area contributed by atoms with Gasteiger partial charge in [-0.05, 0) is 57.6 Å². The van der Waals surface area contributed by atoms with E-state index in [-0.39, 0.29) is 0 Å². The van der Waals surface area contributed by atoms with Crippen molar-refractivity contribution in [1.82, 2.24) is 10.2 Å². The fraction of sp³-hybridized carbons (Fsp3) is 1.00. The molecule has 0 spiro atoms. The lowest BCUT2D eigenvalue weighted by atomic mass is 9.88. The molecular formula is C15H28N2S. The average Bonchev–Trinajstić information content (AvgIpc) is 3.24. The van der Waals surface area contributed by atoms with Crippen molar-refractivity contribution < 1.29 is 0 Å². The summed E-state index contributed by atoms with van der Waals surface area (Å²) in [6.45, 7) is 6.24. The molecular weight excluding hydrogens is 240 g/mol. The van der Waals surface area contributed by atoms with Gasteiger partial charge in [0.05, 0.1) is 0 Å². The quantitative estimate of drug-likeness (QED) is 0.847. The maximum absolute atomic E-state index is 3.80. The number of piperazine rings is 1. The number of rotatable bonds is 3. The second-order valence-electron chi connectivity index (χ2n) is 6.76. The number of hydrogen-bond donors (Lipinski definition) is 1. The Morgan fingerprint density at radius 2 is 1.83 bits per heavy atom. The summed E-state index contributed by atoms with van der Waals surface area (Å²) in [6, 6.07) is 0.883. The summed E-state index contributed by atoms with van der Waals surface area (Å²) in [5.74, 6) is 0.961. The molecule has 3 fully saturated rings. The van der Waals surface area contributed by atoms with Gasteiger partial charge >= 0.3 is 0 Å². The molecule has 3 rings (SSSR count). The lowest BCUT2D eigenvalue weighted by molar-refractivity contribution is 0.0717. The van der Waals surface area contributed by atoms with E-state index < -0.39 is 0 Å². The van der Waals surface area contributed by atoms with Crippen LogP contribution in [-0.2, 0) is 0 Å². The van der Waals surface area contributed by atoms with Crippen LogP contribution in [0.25, 0.3) is 0 Å². The smallest absolute Gasteiger partial charge is 0.0309 e. The van der Waals surface area contributed by atoms with Crippen LogP contribution in [0.1, 0.15) is 45.4 Å². The first-order valence-electron chi connectivity index (χ1n) is 7.73. The number of nitrogens with zero attached hydrogens (tertiary/aromatic N) is 1. The van der Waals surface area contributed by atoms with E-state index in [9.17, 15) is 0 Å². The highest BCUT2D eigenvalue weighted by Crippen LogP contribution is 2.41. The van der Waals surface area contributed by atoms with Gasteiger partial charge in [0.2, 0.25) is 0 Å². The van der Waals surface area contributed by atoms with Crippen LogP contribution in [0.2, 0.25) is 0 Å². The first-order chi connectivity index (χ1) is 8.71. The van der Waals surface area contributed by atoms with Crippen LogP contribution < -0.4 is 5.32 Å². The third-order valence-corrected chi connectivity index (χ3v) is 6.57. The molecule has 3 aliphatic rings. The zero-order chi connectivity index (χ0) is 12.6. The van der Waals surface area contributed by atoms with Gasteiger partial charge in [-0.1, -0.05) is 0 Å². The third-order valence-electron chi connectivity index (χ3n) is 5.43. The Bertz CT molecular complexity index is 284. The van der Waals surface area contributed by atoms with E-state index in [0.29, 0.717) is 5.54 Å². The Morgan fingerprint density at radius 3 is 2.44 bits per heavy atom. The first-order valence-corrected chi connectivity index (χ1v) is 9.02. The molecule has 104 valence electrons. The average molecular weight is 268 g/mol. The van der Waals surface area contributed by atoms with Crippen LogP contribution in [0.4, 0.5) is 0 Å². The van der Waals surface area contributed by atoms with Crippen LogP contribution in [0.3, 0.4) is 0 Å². The van der Waals surface area contributed by atoms with Gasteiger partial charge in [0, 0.05) is 36.5 Å². The molecule has 0 aromatic carbocycles. The van der Waals surface area contributed by atoms with Crippen molar-refractivity contribution in [3.05, 3.63) is 0 Å². The SMILES string of the molecule is CSC1CCC(N2CCNC(C)(C3CC3)C2)CC1. The Balaban J connectivity index is 1.56. The summed E-state index contributed by atoms with van der Waals surface area (Å²) >= 11 is 2.08.